The molecule has 3 nitrogen and oxygen atoms in total. The van der Waals surface area contributed by atoms with Crippen LogP contribution in [0.5, 0.6) is 0 Å². The molecule has 1 heterocycles. The Kier molecular flexibility index (Phi) is 2.11. The van der Waals surface area contributed by atoms with Crippen molar-refractivity contribution < 1.29 is 9.84 Å². The summed E-state index contributed by atoms with van der Waals surface area (Å²) < 4.78 is 5.46. The number of aliphatic hydroxyl groups excluding tert-OH is 1. The second kappa shape index (κ2) is 3.09. The van der Waals surface area contributed by atoms with Crippen molar-refractivity contribution in [2.75, 3.05) is 26.3 Å². The summed E-state index contributed by atoms with van der Waals surface area (Å²) in [6.07, 6.45) is 2.65. The van der Waals surface area contributed by atoms with E-state index in [2.05, 4.69) is 4.90 Å². The highest BCUT2D eigenvalue weighted by Gasteiger charge is 2.45. The first-order valence-corrected chi connectivity index (χ1v) is 4.38. The molecule has 0 aromatic heterocycles. The maximum Gasteiger partial charge on any atom is 0.0747 e. The van der Waals surface area contributed by atoms with E-state index in [9.17, 15) is 0 Å². The maximum atomic E-state index is 8.64. The number of ether oxygens (including phenoxy) is 1. The molecule has 0 spiro atoms. The lowest BCUT2D eigenvalue weighted by Crippen LogP contribution is -2.37. The Labute approximate surface area is 66.9 Å². The normalized spacial score (nSPS) is 36.8. The molecule has 64 valence electrons. The number of morpholine rings is 1. The first-order chi connectivity index (χ1) is 5.42. The van der Waals surface area contributed by atoms with Crippen LogP contribution in [0.2, 0.25) is 0 Å². The summed E-state index contributed by atoms with van der Waals surface area (Å²) in [5.74, 6) is 0. The Balaban J connectivity index is 1.75. The lowest BCUT2D eigenvalue weighted by molar-refractivity contribution is 0.0290. The van der Waals surface area contributed by atoms with Crippen LogP contribution in [-0.2, 0) is 4.74 Å². The van der Waals surface area contributed by atoms with E-state index in [1.54, 1.807) is 0 Å². The van der Waals surface area contributed by atoms with Gasteiger partial charge in [-0.05, 0) is 12.8 Å². The van der Waals surface area contributed by atoms with E-state index in [0.717, 1.165) is 26.1 Å². The molecule has 0 radical (unpaired) electrons. The van der Waals surface area contributed by atoms with Crippen molar-refractivity contribution in [3.8, 4) is 0 Å². The summed E-state index contributed by atoms with van der Waals surface area (Å²) in [6.45, 7) is 3.30. The number of hydrogen-bond acceptors (Lipinski definition) is 3. The zero-order chi connectivity index (χ0) is 7.68. The van der Waals surface area contributed by atoms with Crippen LogP contribution in [0.4, 0.5) is 0 Å². The van der Waals surface area contributed by atoms with Gasteiger partial charge in [0.2, 0.25) is 0 Å². The van der Waals surface area contributed by atoms with Crippen molar-refractivity contribution in [2.24, 2.45) is 0 Å². The summed E-state index contributed by atoms with van der Waals surface area (Å²) in [7, 11) is 0. The third kappa shape index (κ3) is 1.55. The predicted octanol–water partition coefficient (Wildman–Crippen LogP) is -0.158. The minimum absolute atomic E-state index is 0.314. The molecular weight excluding hydrogens is 142 g/mol. The van der Waals surface area contributed by atoms with E-state index in [4.69, 9.17) is 9.84 Å². The lowest BCUT2D eigenvalue weighted by Gasteiger charge is -2.25. The lowest BCUT2D eigenvalue weighted by atomic mass is 10.3. The van der Waals surface area contributed by atoms with Gasteiger partial charge in [-0.1, -0.05) is 0 Å². The molecule has 0 amide bonds. The van der Waals surface area contributed by atoms with E-state index in [1.807, 2.05) is 0 Å². The van der Waals surface area contributed by atoms with Crippen LogP contribution in [0.25, 0.3) is 0 Å². The summed E-state index contributed by atoms with van der Waals surface area (Å²) in [4.78, 5) is 2.43. The molecule has 0 aromatic carbocycles. The van der Waals surface area contributed by atoms with Crippen molar-refractivity contribution in [3.05, 3.63) is 0 Å². The molecule has 1 saturated carbocycles. The van der Waals surface area contributed by atoms with Gasteiger partial charge in [-0.25, -0.2) is 0 Å². The van der Waals surface area contributed by atoms with E-state index in [0.29, 0.717) is 18.8 Å². The fourth-order valence-electron chi connectivity index (χ4n) is 1.76. The highest BCUT2D eigenvalue weighted by molar-refractivity contribution is 4.99. The molecule has 2 fully saturated rings. The highest BCUT2D eigenvalue weighted by Crippen LogP contribution is 2.34. The van der Waals surface area contributed by atoms with Crippen molar-refractivity contribution in [1.82, 2.24) is 4.90 Å². The van der Waals surface area contributed by atoms with Crippen molar-refractivity contribution in [1.29, 1.82) is 0 Å². The van der Waals surface area contributed by atoms with Gasteiger partial charge in [-0.3, -0.25) is 4.90 Å². The van der Waals surface area contributed by atoms with Crippen LogP contribution >= 0.6 is 0 Å². The topological polar surface area (TPSA) is 32.7 Å². The Hall–Kier alpha value is -0.120. The third-order valence-electron chi connectivity index (χ3n) is 2.48. The second-order valence-electron chi connectivity index (χ2n) is 3.33. The third-order valence-corrected chi connectivity index (χ3v) is 2.48. The van der Waals surface area contributed by atoms with Gasteiger partial charge in [0.25, 0.3) is 0 Å². The zero-order valence-corrected chi connectivity index (χ0v) is 6.70. The monoisotopic (exact) mass is 157 g/mol. The molecule has 1 aliphatic heterocycles. The molecule has 1 N–H and O–H groups in total. The molecule has 1 saturated heterocycles. The van der Waals surface area contributed by atoms with Gasteiger partial charge in [0.1, 0.15) is 0 Å². The molecule has 2 rings (SSSR count). The number of aliphatic hydroxyl groups is 1. The number of fused-ring (bicyclic) bond motifs is 1. The highest BCUT2D eigenvalue weighted by atomic mass is 16.5. The van der Waals surface area contributed by atoms with Crippen LogP contribution in [0, 0.1) is 0 Å². The van der Waals surface area contributed by atoms with Crippen molar-refractivity contribution in [2.45, 2.75) is 25.0 Å². The molecule has 3 heteroatoms. The predicted molar refractivity (Wildman–Crippen MR) is 41.4 cm³/mol. The first kappa shape index (κ1) is 7.53. The number of rotatable bonds is 3. The van der Waals surface area contributed by atoms with Gasteiger partial charge in [0.15, 0.2) is 0 Å². The molecule has 11 heavy (non-hydrogen) atoms. The summed E-state index contributed by atoms with van der Waals surface area (Å²) in [5.41, 5.74) is 0. The van der Waals surface area contributed by atoms with Gasteiger partial charge in [-0.2, -0.15) is 0 Å². The van der Waals surface area contributed by atoms with E-state index >= 15 is 0 Å². The molecule has 2 atom stereocenters. The van der Waals surface area contributed by atoms with Gasteiger partial charge < -0.3 is 9.84 Å². The molecule has 1 aliphatic carbocycles. The Morgan fingerprint density at radius 2 is 2.45 bits per heavy atom. The van der Waals surface area contributed by atoms with Crippen LogP contribution < -0.4 is 0 Å². The molecular formula is C8H15NO2. The minimum atomic E-state index is 0.314. The first-order valence-electron chi connectivity index (χ1n) is 4.38. The Morgan fingerprint density at radius 3 is 3.27 bits per heavy atom. The Morgan fingerprint density at radius 1 is 1.55 bits per heavy atom. The van der Waals surface area contributed by atoms with Crippen LogP contribution in [0.15, 0.2) is 0 Å². The van der Waals surface area contributed by atoms with E-state index in [-0.39, 0.29) is 0 Å². The number of nitrogens with zero attached hydrogens (tertiary/aromatic N) is 1. The summed E-state index contributed by atoms with van der Waals surface area (Å²) >= 11 is 0. The smallest absolute Gasteiger partial charge is 0.0747 e. The molecule has 2 aliphatic rings. The van der Waals surface area contributed by atoms with Crippen LogP contribution in [0.3, 0.4) is 0 Å². The maximum absolute atomic E-state index is 8.64. The SMILES string of the molecule is OCCCN1CCOC2CC21. The largest absolute Gasteiger partial charge is 0.396 e. The standard InChI is InChI=1S/C8H15NO2/c10-4-1-2-9-3-5-11-8-6-7(8)9/h7-8,10H,1-6H2. The molecule has 2 unspecified atom stereocenters. The van der Waals surface area contributed by atoms with Crippen molar-refractivity contribution in [3.63, 3.8) is 0 Å². The summed E-state index contributed by atoms with van der Waals surface area (Å²) in [6, 6.07) is 0.690. The molecule has 0 aromatic rings. The second-order valence-corrected chi connectivity index (χ2v) is 3.33. The summed E-state index contributed by atoms with van der Waals surface area (Å²) in [5, 5.41) is 8.64. The van der Waals surface area contributed by atoms with Crippen LogP contribution in [0.1, 0.15) is 12.8 Å². The van der Waals surface area contributed by atoms with Gasteiger partial charge in [-0.15, -0.1) is 0 Å². The Bertz CT molecular complexity index is 140. The fraction of sp³-hybridized carbons (Fsp3) is 1.00. The fourth-order valence-corrected chi connectivity index (χ4v) is 1.76. The van der Waals surface area contributed by atoms with E-state index < -0.39 is 0 Å². The van der Waals surface area contributed by atoms with E-state index in [1.165, 1.54) is 6.42 Å². The zero-order valence-electron chi connectivity index (χ0n) is 6.70. The quantitative estimate of drug-likeness (QED) is 0.618. The number of hydrogen-bond donors (Lipinski definition) is 1. The van der Waals surface area contributed by atoms with Crippen LogP contribution in [-0.4, -0.2) is 48.5 Å². The minimum Gasteiger partial charge on any atom is -0.396 e. The average molecular weight is 157 g/mol. The van der Waals surface area contributed by atoms with Gasteiger partial charge >= 0.3 is 0 Å². The van der Waals surface area contributed by atoms with Crippen molar-refractivity contribution >= 4 is 0 Å². The average Bonchev–Trinajstić information content (AvgIpc) is 2.79. The van der Waals surface area contributed by atoms with Gasteiger partial charge in [0.05, 0.1) is 12.7 Å². The van der Waals surface area contributed by atoms with Gasteiger partial charge in [0, 0.05) is 25.7 Å². The molecule has 0 bridgehead atoms.